The van der Waals surface area contributed by atoms with Crippen molar-refractivity contribution in [3.05, 3.63) is 44.6 Å². The summed E-state index contributed by atoms with van der Waals surface area (Å²) < 4.78 is 48.1. The maximum absolute atomic E-state index is 14.1. The number of ether oxygens (including phenoxy) is 1. The molecule has 0 radical (unpaired) electrons. The van der Waals surface area contributed by atoms with Gasteiger partial charge in [0.25, 0.3) is 5.91 Å². The van der Waals surface area contributed by atoms with Crippen LogP contribution in [-0.2, 0) is 28.5 Å². The van der Waals surface area contributed by atoms with Crippen LogP contribution in [0.3, 0.4) is 0 Å². The van der Waals surface area contributed by atoms with Crippen LogP contribution in [0, 0.1) is 0 Å². The molecule has 5 aliphatic heterocycles. The summed E-state index contributed by atoms with van der Waals surface area (Å²) in [6, 6.07) is 3.77. The van der Waals surface area contributed by atoms with Crippen LogP contribution in [0.15, 0.2) is 22.9 Å². The fourth-order valence-electron chi connectivity index (χ4n) is 8.90. The molecule has 2 bridgehead atoms. The molecule has 11 nitrogen and oxygen atoms in total. The molecule has 7 rings (SSSR count). The minimum Gasteiger partial charge on any atom is -0.436 e. The second-order valence-corrected chi connectivity index (χ2v) is 15.9. The van der Waals surface area contributed by atoms with Crippen LogP contribution in [0.25, 0.3) is 0 Å². The van der Waals surface area contributed by atoms with E-state index in [4.69, 9.17) is 16.3 Å². The lowest BCUT2D eigenvalue weighted by atomic mass is 9.96. The molecule has 2 N–H and O–H groups in total. The van der Waals surface area contributed by atoms with E-state index in [0.717, 1.165) is 36.6 Å². The van der Waals surface area contributed by atoms with Crippen molar-refractivity contribution in [2.75, 3.05) is 70.5 Å². The zero-order valence-corrected chi connectivity index (χ0v) is 31.2. The highest BCUT2D eigenvalue weighted by molar-refractivity contribution is 7.08. The molecule has 2 unspecified atom stereocenters. The topological polar surface area (TPSA) is 101 Å². The molecule has 1 aromatic carbocycles. The van der Waals surface area contributed by atoms with Crippen molar-refractivity contribution in [2.45, 2.75) is 87.8 Å². The summed E-state index contributed by atoms with van der Waals surface area (Å²) in [6.07, 6.45) is -0.525. The van der Waals surface area contributed by atoms with Gasteiger partial charge >= 0.3 is 18.3 Å². The van der Waals surface area contributed by atoms with Gasteiger partial charge in [-0.3, -0.25) is 9.69 Å². The monoisotopic (exact) mass is 765 g/mol. The first kappa shape index (κ1) is 37.1. The van der Waals surface area contributed by atoms with E-state index >= 15 is 0 Å². The van der Waals surface area contributed by atoms with Crippen molar-refractivity contribution >= 4 is 52.3 Å². The van der Waals surface area contributed by atoms with Crippen LogP contribution >= 0.6 is 22.9 Å². The second-order valence-electron chi connectivity index (χ2n) is 14.8. The maximum atomic E-state index is 14.1. The van der Waals surface area contributed by atoms with E-state index in [2.05, 4.69) is 27.5 Å². The van der Waals surface area contributed by atoms with Crippen molar-refractivity contribution in [1.29, 1.82) is 0 Å². The number of alkyl halides is 3. The van der Waals surface area contributed by atoms with Gasteiger partial charge in [0, 0.05) is 88.8 Å². The van der Waals surface area contributed by atoms with Gasteiger partial charge in [0.05, 0.1) is 22.0 Å². The Morgan fingerprint density at radius 2 is 1.65 bits per heavy atom. The molecule has 4 fully saturated rings. The lowest BCUT2D eigenvalue weighted by Crippen LogP contribution is -2.57. The molecular formula is C36H47ClF3N7O4S. The number of carbonyl (C=O) groups excluding carboxylic acids is 3. The Kier molecular flexibility index (Phi) is 10.9. The number of hydrogen-bond acceptors (Lipinski definition) is 8. The SMILES string of the molecule is CNc1c(Cl)cc(C[C@@H](OC(=O)N2CCC(N3CCc4cscc4NC3=O)CC2)C(=O)N2CCN(C3CC4CCC(C3)N4C)CC2)cc1C(F)(F)F. The molecule has 0 saturated carbocycles. The van der Waals surface area contributed by atoms with Crippen LogP contribution in [0.2, 0.25) is 5.02 Å². The quantitative estimate of drug-likeness (QED) is 0.366. The van der Waals surface area contributed by atoms with Crippen molar-refractivity contribution in [3.8, 4) is 0 Å². The Balaban J connectivity index is 1.02. The van der Waals surface area contributed by atoms with Crippen LogP contribution in [0.1, 0.15) is 55.2 Å². The van der Waals surface area contributed by atoms with Gasteiger partial charge in [-0.2, -0.15) is 13.2 Å². The second kappa shape index (κ2) is 15.2. The Bertz CT molecular complexity index is 1630. The largest absolute Gasteiger partial charge is 0.436 e. The highest BCUT2D eigenvalue weighted by Gasteiger charge is 2.42. The number of likely N-dealkylation sites (tertiary alicyclic amines) is 1. The number of rotatable bonds is 7. The number of hydrogen-bond donors (Lipinski definition) is 2. The summed E-state index contributed by atoms with van der Waals surface area (Å²) in [6.45, 7) is 3.46. The molecule has 52 heavy (non-hydrogen) atoms. The molecule has 4 saturated heterocycles. The zero-order chi connectivity index (χ0) is 36.7. The predicted molar refractivity (Wildman–Crippen MR) is 194 cm³/mol. The summed E-state index contributed by atoms with van der Waals surface area (Å²) in [5, 5.41) is 9.35. The maximum Gasteiger partial charge on any atom is 0.418 e. The smallest absolute Gasteiger partial charge is 0.418 e. The number of urea groups is 1. The van der Waals surface area contributed by atoms with E-state index in [-0.39, 0.29) is 34.8 Å². The number of piperazine rings is 1. The number of benzene rings is 1. The van der Waals surface area contributed by atoms with E-state index in [1.165, 1.54) is 30.9 Å². The molecule has 3 atom stereocenters. The van der Waals surface area contributed by atoms with Crippen LogP contribution < -0.4 is 10.6 Å². The lowest BCUT2D eigenvalue weighted by molar-refractivity contribution is -0.143. The molecule has 6 heterocycles. The summed E-state index contributed by atoms with van der Waals surface area (Å²) in [5.41, 5.74) is 0.880. The fraction of sp³-hybridized carbons (Fsp3) is 0.639. The first-order valence-corrected chi connectivity index (χ1v) is 19.6. The van der Waals surface area contributed by atoms with E-state index in [9.17, 15) is 27.6 Å². The van der Waals surface area contributed by atoms with Crippen molar-refractivity contribution in [1.82, 2.24) is 24.5 Å². The van der Waals surface area contributed by atoms with Crippen molar-refractivity contribution < 1.29 is 32.3 Å². The summed E-state index contributed by atoms with van der Waals surface area (Å²) in [5.74, 6) is -0.428. The zero-order valence-electron chi connectivity index (χ0n) is 29.6. The van der Waals surface area contributed by atoms with E-state index in [1.807, 2.05) is 15.7 Å². The van der Waals surface area contributed by atoms with Crippen LogP contribution in [-0.4, -0.2) is 133 Å². The first-order chi connectivity index (χ1) is 24.9. The molecule has 0 aliphatic carbocycles. The van der Waals surface area contributed by atoms with E-state index in [1.54, 1.807) is 16.2 Å². The molecule has 4 amide bonds. The van der Waals surface area contributed by atoms with Gasteiger partial charge in [0.1, 0.15) is 0 Å². The van der Waals surface area contributed by atoms with E-state index in [0.29, 0.717) is 76.8 Å². The van der Waals surface area contributed by atoms with Gasteiger partial charge < -0.3 is 35.0 Å². The van der Waals surface area contributed by atoms with E-state index < -0.39 is 29.8 Å². The average Bonchev–Trinajstić information content (AvgIpc) is 3.57. The third-order valence-corrected chi connectivity index (χ3v) is 13.0. The summed E-state index contributed by atoms with van der Waals surface area (Å²) in [7, 11) is 3.58. The number of piperidine rings is 2. The molecule has 5 aliphatic rings. The number of thiophene rings is 1. The van der Waals surface area contributed by atoms with Crippen molar-refractivity contribution in [2.24, 2.45) is 0 Å². The van der Waals surface area contributed by atoms with Gasteiger partial charge in [-0.15, -0.1) is 11.3 Å². The summed E-state index contributed by atoms with van der Waals surface area (Å²) >= 11 is 7.86. The lowest BCUT2D eigenvalue weighted by Gasteiger charge is -2.45. The number of nitrogens with one attached hydrogen (secondary N) is 2. The van der Waals surface area contributed by atoms with Crippen LogP contribution in [0.5, 0.6) is 0 Å². The van der Waals surface area contributed by atoms with Gasteiger partial charge in [-0.25, -0.2) is 9.59 Å². The highest BCUT2D eigenvalue weighted by Crippen LogP contribution is 2.40. The van der Waals surface area contributed by atoms with Gasteiger partial charge in [0.2, 0.25) is 0 Å². The number of halogens is 4. The predicted octanol–water partition coefficient (Wildman–Crippen LogP) is 5.83. The molecule has 1 aromatic heterocycles. The molecular weight excluding hydrogens is 719 g/mol. The minimum absolute atomic E-state index is 0.0705. The third kappa shape index (κ3) is 7.69. The number of fused-ring (bicyclic) bond motifs is 3. The number of nitrogens with zero attached hydrogens (tertiary/aromatic N) is 5. The average molecular weight is 766 g/mol. The molecule has 2 aromatic rings. The standard InChI is InChI=1S/C36H47ClF3N7O4S/c1-41-32-28(36(38,39)40)15-22(16-29(32)37)17-31(33(48)45-13-11-44(12-14-45)27-18-25-3-4-26(19-27)43(25)2)51-35(50)46-8-6-24(7-9-46)47-10-5-23-20-52-21-30(23)42-34(47)49/h15-16,20-21,24-27,31,41H,3-14,17-19H2,1-2H3,(H,42,49)/t25?,26?,27?,31-/m1/s1. The fourth-order valence-corrected chi connectivity index (χ4v) is 10.1. The first-order valence-electron chi connectivity index (χ1n) is 18.3. The Hall–Kier alpha value is -3.27. The normalized spacial score (nSPS) is 25.4. The molecule has 0 spiro atoms. The minimum atomic E-state index is -4.70. The van der Waals surface area contributed by atoms with Gasteiger partial charge in [-0.1, -0.05) is 11.6 Å². The number of carbonyl (C=O) groups is 3. The molecule has 284 valence electrons. The Morgan fingerprint density at radius 1 is 0.962 bits per heavy atom. The van der Waals surface area contributed by atoms with Crippen LogP contribution in [0.4, 0.5) is 34.1 Å². The third-order valence-electron chi connectivity index (χ3n) is 11.9. The number of anilines is 2. The van der Waals surface area contributed by atoms with Crippen molar-refractivity contribution in [3.63, 3.8) is 0 Å². The Morgan fingerprint density at radius 3 is 2.31 bits per heavy atom. The number of amides is 4. The summed E-state index contributed by atoms with van der Waals surface area (Å²) in [4.78, 5) is 50.8. The highest BCUT2D eigenvalue weighted by atomic mass is 35.5. The molecule has 16 heteroatoms. The Labute approximate surface area is 311 Å². The van der Waals surface area contributed by atoms with Gasteiger partial charge in [0.15, 0.2) is 6.10 Å². The van der Waals surface area contributed by atoms with Gasteiger partial charge in [-0.05, 0) is 80.6 Å².